The fourth-order valence-electron chi connectivity index (χ4n) is 2.17. The quantitative estimate of drug-likeness (QED) is 0.411. The van der Waals surface area contributed by atoms with Crippen LogP contribution in [0, 0.1) is 0 Å². The summed E-state index contributed by atoms with van der Waals surface area (Å²) in [6, 6.07) is 14.1. The largest absolute Gasteiger partial charge is 0.457 e. The summed E-state index contributed by atoms with van der Waals surface area (Å²) in [4.78, 5) is 24.4. The maximum atomic E-state index is 12.2. The van der Waals surface area contributed by atoms with E-state index >= 15 is 0 Å². The third-order valence-corrected chi connectivity index (χ3v) is 5.29. The van der Waals surface area contributed by atoms with Crippen molar-refractivity contribution in [1.82, 2.24) is 10.6 Å². The highest BCUT2D eigenvalue weighted by Gasteiger charge is 2.48. The molecule has 5 nitrogen and oxygen atoms in total. The molecule has 0 aromatic heterocycles. The van der Waals surface area contributed by atoms with E-state index in [0.29, 0.717) is 17.1 Å². The van der Waals surface area contributed by atoms with E-state index < -0.39 is 16.1 Å². The Morgan fingerprint density at radius 2 is 1.33 bits per heavy atom. The molecule has 0 saturated carbocycles. The van der Waals surface area contributed by atoms with E-state index in [1.165, 1.54) is 0 Å². The van der Waals surface area contributed by atoms with E-state index in [-0.39, 0.29) is 5.11 Å². The Hall–Kier alpha value is -1.77. The van der Waals surface area contributed by atoms with Gasteiger partial charge in [0.15, 0.2) is 5.11 Å². The van der Waals surface area contributed by atoms with Crippen LogP contribution in [0.25, 0.3) is 0 Å². The summed E-state index contributed by atoms with van der Waals surface area (Å²) in [7, 11) is 0. The summed E-state index contributed by atoms with van der Waals surface area (Å²) in [6.07, 6.45) is 0. The molecule has 0 spiro atoms. The molecule has 0 aliphatic carbocycles. The van der Waals surface area contributed by atoms with E-state index in [4.69, 9.17) is 17.0 Å². The zero-order valence-electron chi connectivity index (χ0n) is 12.0. The molecule has 0 unspecified atom stereocenters. The minimum Gasteiger partial charge on any atom is -0.457 e. The Morgan fingerprint density at radius 1 is 0.875 bits per heavy atom. The van der Waals surface area contributed by atoms with E-state index in [1.54, 1.807) is 24.3 Å². The standard InChI is InChI=1S/C16H10Br2N2O3S/c17-10-3-7-12(8-4-10)23-11-5-1-9(2-6-11)16(18)13(21)19-15(24)20-14(16)22/h1-8H,(H2,19,20,21,22,24). The van der Waals surface area contributed by atoms with Crippen LogP contribution in [-0.4, -0.2) is 16.9 Å². The Morgan fingerprint density at radius 3 is 1.83 bits per heavy atom. The summed E-state index contributed by atoms with van der Waals surface area (Å²) in [5.74, 6) is 0.206. The van der Waals surface area contributed by atoms with Gasteiger partial charge in [0.05, 0.1) is 0 Å². The van der Waals surface area contributed by atoms with E-state index in [0.717, 1.165) is 4.47 Å². The zero-order chi connectivity index (χ0) is 17.3. The number of carbonyl (C=O) groups excluding carboxylic acids is 2. The lowest BCUT2D eigenvalue weighted by atomic mass is 9.95. The average molecular weight is 470 g/mol. The second-order valence-electron chi connectivity index (χ2n) is 4.98. The van der Waals surface area contributed by atoms with Gasteiger partial charge in [-0.2, -0.15) is 0 Å². The number of halogens is 2. The van der Waals surface area contributed by atoms with Gasteiger partial charge in [0.2, 0.25) is 4.32 Å². The average Bonchev–Trinajstić information content (AvgIpc) is 2.55. The van der Waals surface area contributed by atoms with Gasteiger partial charge in [0.25, 0.3) is 11.8 Å². The lowest BCUT2D eigenvalue weighted by Gasteiger charge is -2.30. The normalized spacial score (nSPS) is 16.3. The van der Waals surface area contributed by atoms with Gasteiger partial charge in [-0.3, -0.25) is 9.59 Å². The van der Waals surface area contributed by atoms with Crippen molar-refractivity contribution >= 4 is 61.0 Å². The minimum absolute atomic E-state index is 0.00438. The van der Waals surface area contributed by atoms with E-state index in [9.17, 15) is 9.59 Å². The predicted octanol–water partition coefficient (Wildman–Crippen LogP) is 3.36. The summed E-state index contributed by atoms with van der Waals surface area (Å²) in [5.41, 5.74) is 0.475. The first-order valence-corrected chi connectivity index (χ1v) is 8.79. The zero-order valence-corrected chi connectivity index (χ0v) is 16.0. The number of ether oxygens (including phenoxy) is 1. The molecule has 1 heterocycles. The molecule has 2 N–H and O–H groups in total. The number of benzene rings is 2. The monoisotopic (exact) mass is 468 g/mol. The molecule has 0 radical (unpaired) electrons. The number of nitrogens with one attached hydrogen (secondary N) is 2. The molecule has 0 atom stereocenters. The van der Waals surface area contributed by atoms with Crippen molar-refractivity contribution in [3.05, 3.63) is 58.6 Å². The van der Waals surface area contributed by atoms with Crippen molar-refractivity contribution in [2.75, 3.05) is 0 Å². The molecule has 2 amide bonds. The number of hydrogen-bond donors (Lipinski definition) is 2. The lowest BCUT2D eigenvalue weighted by molar-refractivity contribution is -0.132. The number of carbonyl (C=O) groups is 2. The highest BCUT2D eigenvalue weighted by molar-refractivity contribution is 9.10. The Kier molecular flexibility index (Phi) is 4.71. The Balaban J connectivity index is 1.83. The molecule has 1 fully saturated rings. The molecule has 122 valence electrons. The summed E-state index contributed by atoms with van der Waals surface area (Å²) in [5, 5.41) is 4.87. The molecule has 3 rings (SSSR count). The van der Waals surface area contributed by atoms with Crippen LogP contribution in [-0.2, 0) is 13.9 Å². The van der Waals surface area contributed by atoms with Crippen LogP contribution in [0.4, 0.5) is 0 Å². The number of hydrogen-bond acceptors (Lipinski definition) is 4. The molecular formula is C16H10Br2N2O3S. The van der Waals surface area contributed by atoms with Crippen molar-refractivity contribution < 1.29 is 14.3 Å². The lowest BCUT2D eigenvalue weighted by Crippen LogP contribution is -2.61. The summed E-state index contributed by atoms with van der Waals surface area (Å²) >= 11 is 11.4. The molecule has 1 aliphatic heterocycles. The van der Waals surface area contributed by atoms with Gasteiger partial charge in [-0.25, -0.2) is 0 Å². The van der Waals surface area contributed by atoms with Gasteiger partial charge in [-0.1, -0.05) is 44.0 Å². The van der Waals surface area contributed by atoms with Crippen molar-refractivity contribution in [3.63, 3.8) is 0 Å². The van der Waals surface area contributed by atoms with Crippen LogP contribution < -0.4 is 15.4 Å². The van der Waals surface area contributed by atoms with E-state index in [1.807, 2.05) is 24.3 Å². The second-order valence-corrected chi connectivity index (χ2v) is 7.49. The fourth-order valence-corrected chi connectivity index (χ4v) is 3.08. The molecule has 1 aliphatic rings. The van der Waals surface area contributed by atoms with E-state index in [2.05, 4.69) is 42.5 Å². The van der Waals surface area contributed by atoms with Crippen molar-refractivity contribution in [2.24, 2.45) is 0 Å². The maximum Gasteiger partial charge on any atom is 0.257 e. The highest BCUT2D eigenvalue weighted by atomic mass is 79.9. The minimum atomic E-state index is -1.52. The maximum absolute atomic E-state index is 12.2. The molecule has 2 aromatic carbocycles. The number of amides is 2. The predicted molar refractivity (Wildman–Crippen MR) is 100 cm³/mol. The van der Waals surface area contributed by atoms with Crippen LogP contribution >= 0.6 is 44.1 Å². The fraction of sp³-hybridized carbons (Fsp3) is 0.0625. The summed E-state index contributed by atoms with van der Waals surface area (Å²) < 4.78 is 5.16. The summed E-state index contributed by atoms with van der Waals surface area (Å²) in [6.45, 7) is 0. The number of rotatable bonds is 3. The number of thiocarbonyl (C=S) groups is 1. The highest BCUT2D eigenvalue weighted by Crippen LogP contribution is 2.35. The first kappa shape index (κ1) is 17.1. The Bertz CT molecular complexity index is 802. The third-order valence-electron chi connectivity index (χ3n) is 3.38. The van der Waals surface area contributed by atoms with Gasteiger partial charge >= 0.3 is 0 Å². The van der Waals surface area contributed by atoms with Gasteiger partial charge in [-0.15, -0.1) is 0 Å². The van der Waals surface area contributed by atoms with Gasteiger partial charge < -0.3 is 15.4 Å². The van der Waals surface area contributed by atoms with Gasteiger partial charge in [0, 0.05) is 4.47 Å². The Labute approximate surface area is 160 Å². The second kappa shape index (κ2) is 6.62. The van der Waals surface area contributed by atoms with Gasteiger partial charge in [0.1, 0.15) is 11.5 Å². The van der Waals surface area contributed by atoms with Crippen LogP contribution in [0.3, 0.4) is 0 Å². The molecular weight excluding hydrogens is 460 g/mol. The molecule has 8 heteroatoms. The molecule has 0 bridgehead atoms. The van der Waals surface area contributed by atoms with Crippen molar-refractivity contribution in [1.29, 1.82) is 0 Å². The SMILES string of the molecule is O=C1NC(=S)NC(=O)C1(Br)c1ccc(Oc2ccc(Br)cc2)cc1. The number of alkyl halides is 1. The van der Waals surface area contributed by atoms with Gasteiger partial charge in [-0.05, 0) is 54.2 Å². The van der Waals surface area contributed by atoms with Crippen LogP contribution in [0.15, 0.2) is 53.0 Å². The van der Waals surface area contributed by atoms with Crippen LogP contribution in [0.1, 0.15) is 5.56 Å². The van der Waals surface area contributed by atoms with Crippen molar-refractivity contribution in [2.45, 2.75) is 4.32 Å². The first-order chi connectivity index (χ1) is 11.4. The first-order valence-electron chi connectivity index (χ1n) is 6.79. The third kappa shape index (κ3) is 3.22. The van der Waals surface area contributed by atoms with Crippen molar-refractivity contribution in [3.8, 4) is 11.5 Å². The molecule has 1 saturated heterocycles. The van der Waals surface area contributed by atoms with Crippen LogP contribution in [0.5, 0.6) is 11.5 Å². The topological polar surface area (TPSA) is 67.4 Å². The van der Waals surface area contributed by atoms with Crippen LogP contribution in [0.2, 0.25) is 0 Å². The molecule has 24 heavy (non-hydrogen) atoms. The molecule has 2 aromatic rings. The smallest absolute Gasteiger partial charge is 0.257 e.